The first-order valence-corrected chi connectivity index (χ1v) is 9.90. The number of hydrogen-bond acceptors (Lipinski definition) is 4. The van der Waals surface area contributed by atoms with Crippen molar-refractivity contribution in [3.8, 4) is 0 Å². The molecule has 146 valence electrons. The van der Waals surface area contributed by atoms with E-state index in [0.29, 0.717) is 19.8 Å². The lowest BCUT2D eigenvalue weighted by atomic mass is 9.80. The van der Waals surface area contributed by atoms with Crippen molar-refractivity contribution in [2.24, 2.45) is 0 Å². The first-order valence-electron chi connectivity index (χ1n) is 9.90. The monoisotopic (exact) mass is 385 g/mol. The first kappa shape index (κ1) is 18.1. The van der Waals surface area contributed by atoms with Gasteiger partial charge in [0, 0.05) is 5.57 Å². The summed E-state index contributed by atoms with van der Waals surface area (Å²) in [5, 5.41) is 0. The van der Waals surface area contributed by atoms with E-state index in [0.717, 1.165) is 28.0 Å². The maximum Gasteiger partial charge on any atom is 0.143 e. The molecule has 2 heterocycles. The van der Waals surface area contributed by atoms with Gasteiger partial charge >= 0.3 is 0 Å². The third kappa shape index (κ3) is 3.25. The highest BCUT2D eigenvalue weighted by Gasteiger charge is 2.40. The molecule has 2 aliphatic rings. The molecule has 0 spiro atoms. The largest absolute Gasteiger partial charge is 0.365 e. The van der Waals surface area contributed by atoms with Crippen LogP contribution in [0.4, 0.5) is 0 Å². The lowest BCUT2D eigenvalue weighted by Crippen LogP contribution is -2.36. The van der Waals surface area contributed by atoms with Gasteiger partial charge in [-0.05, 0) is 16.7 Å². The lowest BCUT2D eigenvalue weighted by Gasteiger charge is -2.36. The molecule has 1 atom stereocenters. The summed E-state index contributed by atoms with van der Waals surface area (Å²) < 4.78 is 12.8. The van der Waals surface area contributed by atoms with Crippen molar-refractivity contribution in [1.29, 1.82) is 0 Å². The third-order valence-electron chi connectivity index (χ3n) is 5.62. The number of benzene rings is 3. The average molecular weight is 385 g/mol. The fourth-order valence-electron chi connectivity index (χ4n) is 4.17. The van der Waals surface area contributed by atoms with E-state index in [-0.39, 0.29) is 6.10 Å². The molecule has 0 unspecified atom stereocenters. The molecule has 5 rings (SSSR count). The summed E-state index contributed by atoms with van der Waals surface area (Å²) in [6.07, 6.45) is -0.115. The Morgan fingerprint density at radius 1 is 0.759 bits per heavy atom. The van der Waals surface area contributed by atoms with Crippen LogP contribution in [0.3, 0.4) is 0 Å². The zero-order valence-electron chi connectivity index (χ0n) is 16.1. The van der Waals surface area contributed by atoms with Crippen LogP contribution in [0, 0.1) is 0 Å². The third-order valence-corrected chi connectivity index (χ3v) is 5.62. The normalized spacial score (nSPS) is 18.6. The molecule has 3 aromatic carbocycles. The molecule has 0 aliphatic carbocycles. The molecule has 0 amide bonds. The predicted molar refractivity (Wildman–Crippen MR) is 111 cm³/mol. The van der Waals surface area contributed by atoms with Crippen molar-refractivity contribution >= 4 is 0 Å². The van der Waals surface area contributed by atoms with Gasteiger partial charge in [0.25, 0.3) is 0 Å². The van der Waals surface area contributed by atoms with Crippen molar-refractivity contribution in [3.63, 3.8) is 0 Å². The highest BCUT2D eigenvalue weighted by molar-refractivity contribution is 5.47. The minimum absolute atomic E-state index is 0.115. The summed E-state index contributed by atoms with van der Waals surface area (Å²) in [6, 6.07) is 31.2. The zero-order valence-corrected chi connectivity index (χ0v) is 16.1. The number of ether oxygens (including phenoxy) is 2. The van der Waals surface area contributed by atoms with Gasteiger partial charge in [-0.3, -0.25) is 10.3 Å². The van der Waals surface area contributed by atoms with Gasteiger partial charge in [0.15, 0.2) is 0 Å². The summed E-state index contributed by atoms with van der Waals surface area (Å²) in [6.45, 7) is 1.51. The molecule has 2 aliphatic heterocycles. The summed E-state index contributed by atoms with van der Waals surface area (Å²) in [7, 11) is 0. The molecule has 0 saturated heterocycles. The molecular formula is C25H23NO3. The van der Waals surface area contributed by atoms with Gasteiger partial charge in [0.1, 0.15) is 18.3 Å². The van der Waals surface area contributed by atoms with E-state index >= 15 is 0 Å². The van der Waals surface area contributed by atoms with E-state index in [1.807, 2.05) is 18.2 Å². The summed E-state index contributed by atoms with van der Waals surface area (Å²) in [5.74, 6) is 0. The Balaban J connectivity index is 1.60. The second kappa shape index (κ2) is 7.84. The summed E-state index contributed by atoms with van der Waals surface area (Å²) in [4.78, 5) is 5.37. The van der Waals surface area contributed by atoms with Crippen molar-refractivity contribution in [1.82, 2.24) is 5.48 Å². The van der Waals surface area contributed by atoms with Crippen LogP contribution in [0.15, 0.2) is 102 Å². The van der Waals surface area contributed by atoms with Crippen LogP contribution in [-0.2, 0) is 19.9 Å². The fraction of sp³-hybridized carbons (Fsp3) is 0.200. The highest BCUT2D eigenvalue weighted by atomic mass is 16.7. The van der Waals surface area contributed by atoms with Gasteiger partial charge in [-0.2, -0.15) is 0 Å². The molecule has 0 radical (unpaired) electrons. The molecule has 29 heavy (non-hydrogen) atoms. The number of nitrogens with one attached hydrogen (secondary N) is 1. The minimum Gasteiger partial charge on any atom is -0.365 e. The van der Waals surface area contributed by atoms with E-state index in [4.69, 9.17) is 14.3 Å². The quantitative estimate of drug-likeness (QED) is 0.646. The standard InChI is InChI=1S/C25H23NO3/c1-4-10-19(11-5-1)25(20-12-6-2-7-13-20,21-14-8-3-9-15-21)28-18-24-22-16-29-26-23(22)17-27-24/h1-15,24,26H,16-18H2/t24-/m1/s1. The summed E-state index contributed by atoms with van der Waals surface area (Å²) >= 11 is 0. The molecule has 1 N–H and O–H groups in total. The van der Waals surface area contributed by atoms with Crippen LogP contribution in [0.1, 0.15) is 16.7 Å². The zero-order chi connectivity index (χ0) is 19.5. The molecule has 0 fully saturated rings. The van der Waals surface area contributed by atoms with Gasteiger partial charge in [0.05, 0.1) is 18.9 Å². The van der Waals surface area contributed by atoms with E-state index in [9.17, 15) is 0 Å². The van der Waals surface area contributed by atoms with Crippen molar-refractivity contribution in [2.45, 2.75) is 11.7 Å². The van der Waals surface area contributed by atoms with Crippen molar-refractivity contribution < 1.29 is 14.3 Å². The Morgan fingerprint density at radius 2 is 1.28 bits per heavy atom. The first-order chi connectivity index (χ1) is 14.4. The molecule has 4 nitrogen and oxygen atoms in total. The second-order valence-electron chi connectivity index (χ2n) is 7.28. The molecule has 0 aromatic heterocycles. The highest BCUT2D eigenvalue weighted by Crippen LogP contribution is 2.41. The smallest absolute Gasteiger partial charge is 0.143 e. The maximum absolute atomic E-state index is 6.84. The maximum atomic E-state index is 6.84. The Morgan fingerprint density at radius 3 is 1.79 bits per heavy atom. The minimum atomic E-state index is -0.733. The molecule has 0 bridgehead atoms. The Kier molecular flexibility index (Phi) is 4.90. The van der Waals surface area contributed by atoms with Crippen LogP contribution >= 0.6 is 0 Å². The number of rotatable bonds is 6. The van der Waals surface area contributed by atoms with Crippen LogP contribution in [0.2, 0.25) is 0 Å². The summed E-state index contributed by atoms with van der Waals surface area (Å²) in [5.41, 5.74) is 7.65. The number of hydroxylamine groups is 1. The van der Waals surface area contributed by atoms with Gasteiger partial charge in [0.2, 0.25) is 0 Å². The van der Waals surface area contributed by atoms with Crippen molar-refractivity contribution in [2.75, 3.05) is 19.8 Å². The van der Waals surface area contributed by atoms with E-state index in [1.54, 1.807) is 0 Å². The van der Waals surface area contributed by atoms with Gasteiger partial charge < -0.3 is 9.47 Å². The van der Waals surface area contributed by atoms with E-state index in [1.165, 1.54) is 0 Å². The second-order valence-corrected chi connectivity index (χ2v) is 7.28. The molecule has 4 heteroatoms. The van der Waals surface area contributed by atoms with E-state index < -0.39 is 5.60 Å². The van der Waals surface area contributed by atoms with Crippen LogP contribution < -0.4 is 5.48 Å². The Bertz CT molecular complexity index is 890. The SMILES string of the molecule is c1ccc(C(OC[C@H]2OCC3=C2CON3)(c2ccccc2)c2ccccc2)cc1. The van der Waals surface area contributed by atoms with E-state index in [2.05, 4.69) is 78.3 Å². The van der Waals surface area contributed by atoms with Gasteiger partial charge in [-0.1, -0.05) is 91.0 Å². The fourth-order valence-corrected chi connectivity index (χ4v) is 4.17. The molecular weight excluding hydrogens is 362 g/mol. The molecule has 3 aromatic rings. The topological polar surface area (TPSA) is 39.7 Å². The van der Waals surface area contributed by atoms with Crippen LogP contribution in [0.5, 0.6) is 0 Å². The Labute approximate surface area is 170 Å². The van der Waals surface area contributed by atoms with Crippen LogP contribution in [-0.4, -0.2) is 25.9 Å². The predicted octanol–water partition coefficient (Wildman–Crippen LogP) is 4.18. The van der Waals surface area contributed by atoms with Crippen molar-refractivity contribution in [3.05, 3.63) is 119 Å². The number of hydrogen-bond donors (Lipinski definition) is 1. The Hall–Kier alpha value is -2.92. The van der Waals surface area contributed by atoms with Gasteiger partial charge in [-0.15, -0.1) is 0 Å². The average Bonchev–Trinajstić information content (AvgIpc) is 3.41. The lowest BCUT2D eigenvalue weighted by molar-refractivity contribution is -0.0490. The van der Waals surface area contributed by atoms with Gasteiger partial charge in [-0.25, -0.2) is 0 Å². The molecule has 0 saturated carbocycles. The van der Waals surface area contributed by atoms with Crippen LogP contribution in [0.25, 0.3) is 0 Å².